The molecule has 1 saturated carbocycles. The predicted octanol–water partition coefficient (Wildman–Crippen LogP) is 1.70. The summed E-state index contributed by atoms with van der Waals surface area (Å²) in [6, 6.07) is 0.0686. The molecule has 0 heterocycles. The second-order valence-corrected chi connectivity index (χ2v) is 4.40. The van der Waals surface area contributed by atoms with Crippen LogP contribution in [0.1, 0.15) is 39.5 Å². The highest BCUT2D eigenvalue weighted by Crippen LogP contribution is 2.51. The Hall–Kier alpha value is -0.570. The maximum Gasteiger partial charge on any atom is 0.306 e. The molecule has 2 unspecified atom stereocenters. The smallest absolute Gasteiger partial charge is 0.306 e. The average Bonchev–Trinajstić information content (AvgIpc) is 2.96. The van der Waals surface area contributed by atoms with E-state index in [1.165, 1.54) is 20.0 Å². The quantitative estimate of drug-likeness (QED) is 0.686. The molecule has 0 amide bonds. The standard InChI is InChI=1S/C11H21NO2/c1-4-11(8(2)12,9-5-6-9)7-10(13)14-3/h8-9H,4-7,12H2,1-3H3. The van der Waals surface area contributed by atoms with Gasteiger partial charge in [-0.3, -0.25) is 4.79 Å². The highest BCUT2D eigenvalue weighted by molar-refractivity contribution is 5.70. The number of esters is 1. The van der Waals surface area contributed by atoms with Crippen LogP contribution in [0.3, 0.4) is 0 Å². The highest BCUT2D eigenvalue weighted by Gasteiger charge is 2.47. The number of hydrogen-bond acceptors (Lipinski definition) is 3. The number of rotatable bonds is 5. The van der Waals surface area contributed by atoms with Gasteiger partial charge in [0.15, 0.2) is 0 Å². The minimum atomic E-state index is -0.129. The average molecular weight is 199 g/mol. The lowest BCUT2D eigenvalue weighted by Crippen LogP contribution is -2.42. The van der Waals surface area contributed by atoms with Crippen molar-refractivity contribution < 1.29 is 9.53 Å². The van der Waals surface area contributed by atoms with E-state index in [9.17, 15) is 4.79 Å². The van der Waals surface area contributed by atoms with Crippen LogP contribution in [-0.4, -0.2) is 19.1 Å². The van der Waals surface area contributed by atoms with Crippen LogP contribution in [0, 0.1) is 11.3 Å². The fraction of sp³-hybridized carbons (Fsp3) is 0.909. The number of methoxy groups -OCH3 is 1. The molecule has 0 bridgehead atoms. The normalized spacial score (nSPS) is 22.6. The largest absolute Gasteiger partial charge is 0.469 e. The molecule has 0 aromatic rings. The number of carbonyl (C=O) groups is 1. The molecule has 0 radical (unpaired) electrons. The first-order chi connectivity index (χ1) is 6.56. The lowest BCUT2D eigenvalue weighted by molar-refractivity contribution is -0.144. The molecule has 1 aliphatic rings. The van der Waals surface area contributed by atoms with E-state index in [0.29, 0.717) is 12.3 Å². The molecule has 14 heavy (non-hydrogen) atoms. The van der Waals surface area contributed by atoms with Gasteiger partial charge in [0, 0.05) is 6.04 Å². The van der Waals surface area contributed by atoms with E-state index in [4.69, 9.17) is 10.5 Å². The molecule has 1 fully saturated rings. The second kappa shape index (κ2) is 4.30. The van der Waals surface area contributed by atoms with Crippen LogP contribution in [0.15, 0.2) is 0 Å². The van der Waals surface area contributed by atoms with E-state index >= 15 is 0 Å². The van der Waals surface area contributed by atoms with Gasteiger partial charge in [-0.1, -0.05) is 6.92 Å². The molecule has 0 aromatic carbocycles. The molecule has 0 spiro atoms. The van der Waals surface area contributed by atoms with Gasteiger partial charge in [0.1, 0.15) is 0 Å². The lowest BCUT2D eigenvalue weighted by Gasteiger charge is -2.36. The van der Waals surface area contributed by atoms with Crippen molar-refractivity contribution in [2.45, 2.75) is 45.6 Å². The SMILES string of the molecule is CCC(CC(=O)OC)(C(C)N)C1CC1. The van der Waals surface area contributed by atoms with Crippen molar-refractivity contribution >= 4 is 5.97 Å². The summed E-state index contributed by atoms with van der Waals surface area (Å²) in [7, 11) is 1.44. The first kappa shape index (κ1) is 11.5. The Morgan fingerprint density at radius 2 is 2.21 bits per heavy atom. The van der Waals surface area contributed by atoms with Gasteiger partial charge in [-0.2, -0.15) is 0 Å². The number of nitrogens with two attached hydrogens (primary N) is 1. The summed E-state index contributed by atoms with van der Waals surface area (Å²) >= 11 is 0. The van der Waals surface area contributed by atoms with Crippen molar-refractivity contribution in [3.8, 4) is 0 Å². The number of hydrogen-bond donors (Lipinski definition) is 1. The Labute approximate surface area is 86.0 Å². The van der Waals surface area contributed by atoms with Crippen LogP contribution in [0.2, 0.25) is 0 Å². The summed E-state index contributed by atoms with van der Waals surface area (Å²) in [5.41, 5.74) is 6.00. The van der Waals surface area contributed by atoms with Crippen LogP contribution in [-0.2, 0) is 9.53 Å². The van der Waals surface area contributed by atoms with Gasteiger partial charge in [-0.05, 0) is 37.5 Å². The van der Waals surface area contributed by atoms with Gasteiger partial charge >= 0.3 is 5.97 Å². The van der Waals surface area contributed by atoms with Crippen LogP contribution >= 0.6 is 0 Å². The van der Waals surface area contributed by atoms with E-state index in [1.54, 1.807) is 0 Å². The summed E-state index contributed by atoms with van der Waals surface area (Å²) in [4.78, 5) is 11.3. The zero-order valence-electron chi connectivity index (χ0n) is 9.38. The fourth-order valence-corrected chi connectivity index (χ4v) is 2.41. The van der Waals surface area contributed by atoms with Crippen molar-refractivity contribution in [3.05, 3.63) is 0 Å². The molecule has 82 valence electrons. The van der Waals surface area contributed by atoms with Crippen LogP contribution < -0.4 is 5.73 Å². The van der Waals surface area contributed by atoms with Gasteiger partial charge in [0.2, 0.25) is 0 Å². The zero-order chi connectivity index (χ0) is 10.8. The summed E-state index contributed by atoms with van der Waals surface area (Å²) in [6.45, 7) is 4.12. The number of carbonyl (C=O) groups excluding carboxylic acids is 1. The first-order valence-electron chi connectivity index (χ1n) is 5.39. The monoisotopic (exact) mass is 199 g/mol. The molecule has 0 aliphatic heterocycles. The molecule has 1 rings (SSSR count). The van der Waals surface area contributed by atoms with E-state index in [2.05, 4.69) is 6.92 Å². The second-order valence-electron chi connectivity index (χ2n) is 4.40. The Morgan fingerprint density at radius 1 is 1.64 bits per heavy atom. The Morgan fingerprint density at radius 3 is 2.50 bits per heavy atom. The predicted molar refractivity (Wildman–Crippen MR) is 55.7 cm³/mol. The molecule has 2 N–H and O–H groups in total. The summed E-state index contributed by atoms with van der Waals surface area (Å²) < 4.78 is 4.74. The maximum absolute atomic E-state index is 11.3. The van der Waals surface area contributed by atoms with Crippen molar-refractivity contribution in [1.82, 2.24) is 0 Å². The fourth-order valence-electron chi connectivity index (χ4n) is 2.41. The third-order valence-electron chi connectivity index (χ3n) is 3.66. The molecule has 3 nitrogen and oxygen atoms in total. The molecule has 2 atom stereocenters. The minimum absolute atomic E-state index is 0.0207. The molecule has 0 aromatic heterocycles. The Bertz CT molecular complexity index is 207. The van der Waals surface area contributed by atoms with E-state index in [1.807, 2.05) is 6.92 Å². The van der Waals surface area contributed by atoms with Crippen molar-refractivity contribution in [2.24, 2.45) is 17.1 Å². The molecular weight excluding hydrogens is 178 g/mol. The summed E-state index contributed by atoms with van der Waals surface area (Å²) in [6.07, 6.45) is 3.87. The maximum atomic E-state index is 11.3. The zero-order valence-corrected chi connectivity index (χ0v) is 9.38. The summed E-state index contributed by atoms with van der Waals surface area (Å²) in [5, 5.41) is 0. The third kappa shape index (κ3) is 2.08. The van der Waals surface area contributed by atoms with Crippen molar-refractivity contribution in [2.75, 3.05) is 7.11 Å². The van der Waals surface area contributed by atoms with E-state index in [0.717, 1.165) is 6.42 Å². The van der Waals surface area contributed by atoms with Gasteiger partial charge in [0.05, 0.1) is 13.5 Å². The highest BCUT2D eigenvalue weighted by atomic mass is 16.5. The van der Waals surface area contributed by atoms with Crippen LogP contribution in [0.4, 0.5) is 0 Å². The van der Waals surface area contributed by atoms with E-state index < -0.39 is 0 Å². The van der Waals surface area contributed by atoms with Gasteiger partial charge < -0.3 is 10.5 Å². The Kier molecular flexibility index (Phi) is 3.53. The molecule has 0 saturated heterocycles. The van der Waals surface area contributed by atoms with Gasteiger partial charge in [-0.15, -0.1) is 0 Å². The van der Waals surface area contributed by atoms with Crippen LogP contribution in [0.25, 0.3) is 0 Å². The molecular formula is C11H21NO2. The molecule has 1 aliphatic carbocycles. The van der Waals surface area contributed by atoms with Crippen molar-refractivity contribution in [3.63, 3.8) is 0 Å². The van der Waals surface area contributed by atoms with Crippen molar-refractivity contribution in [1.29, 1.82) is 0 Å². The molecule has 3 heteroatoms. The third-order valence-corrected chi connectivity index (χ3v) is 3.66. The van der Waals surface area contributed by atoms with E-state index in [-0.39, 0.29) is 17.4 Å². The minimum Gasteiger partial charge on any atom is -0.469 e. The Balaban J connectivity index is 2.73. The van der Waals surface area contributed by atoms with Gasteiger partial charge in [0.25, 0.3) is 0 Å². The number of ether oxygens (including phenoxy) is 1. The summed E-state index contributed by atoms with van der Waals surface area (Å²) in [5.74, 6) is 0.502. The lowest BCUT2D eigenvalue weighted by atomic mass is 9.72. The van der Waals surface area contributed by atoms with Gasteiger partial charge in [-0.25, -0.2) is 0 Å². The van der Waals surface area contributed by atoms with Crippen LogP contribution in [0.5, 0.6) is 0 Å². The topological polar surface area (TPSA) is 52.3 Å². The first-order valence-corrected chi connectivity index (χ1v) is 5.39.